The number of aryl methyl sites for hydroxylation is 1. The Morgan fingerprint density at radius 3 is 2.71 bits per heavy atom. The first kappa shape index (κ1) is 17.2. The van der Waals surface area contributed by atoms with Crippen LogP contribution >= 0.6 is 23.2 Å². The summed E-state index contributed by atoms with van der Waals surface area (Å²) in [6, 6.07) is 11.7. The first-order valence-electron chi connectivity index (χ1n) is 7.98. The number of aromatic amines is 1. The summed E-state index contributed by atoms with van der Waals surface area (Å²) in [5.74, 6) is 0.838. The summed E-state index contributed by atoms with van der Waals surface area (Å²) in [6.45, 7) is 0.693. The number of unbranched alkanes of at least 4 members (excludes halogenated alkanes) is 1. The molecule has 0 aliphatic heterocycles. The van der Waals surface area contributed by atoms with E-state index in [2.05, 4.69) is 11.1 Å². The Balaban J connectivity index is 2.18. The largest absolute Gasteiger partial charge is 0.497 e. The average molecular weight is 363 g/mol. The minimum atomic E-state index is 0.554. The Morgan fingerprint density at radius 1 is 1.12 bits per heavy atom. The zero-order valence-electron chi connectivity index (χ0n) is 13.5. The smallest absolute Gasteiger partial charge is 0.119 e. The number of rotatable bonds is 6. The predicted molar refractivity (Wildman–Crippen MR) is 102 cm³/mol. The van der Waals surface area contributed by atoms with Crippen molar-refractivity contribution in [3.8, 4) is 17.0 Å². The highest BCUT2D eigenvalue weighted by Gasteiger charge is 2.17. The fraction of sp³-hybridized carbons (Fsp3) is 0.263. The van der Waals surface area contributed by atoms with Gasteiger partial charge in [-0.05, 0) is 55.6 Å². The van der Waals surface area contributed by atoms with E-state index in [1.807, 2.05) is 24.3 Å². The van der Waals surface area contributed by atoms with Crippen LogP contribution in [-0.4, -0.2) is 18.6 Å². The van der Waals surface area contributed by atoms with E-state index in [4.69, 9.17) is 33.7 Å². The van der Waals surface area contributed by atoms with Crippen molar-refractivity contribution >= 4 is 34.1 Å². The first-order chi connectivity index (χ1) is 11.7. The van der Waals surface area contributed by atoms with Crippen LogP contribution in [0.1, 0.15) is 18.4 Å². The van der Waals surface area contributed by atoms with Crippen LogP contribution in [0.4, 0.5) is 0 Å². The number of nitrogens with two attached hydrogens (primary N) is 1. The second-order valence-electron chi connectivity index (χ2n) is 5.74. The molecule has 3 N–H and O–H groups in total. The number of hydrogen-bond acceptors (Lipinski definition) is 2. The topological polar surface area (TPSA) is 51.0 Å². The van der Waals surface area contributed by atoms with Crippen molar-refractivity contribution in [3.63, 3.8) is 0 Å². The summed E-state index contributed by atoms with van der Waals surface area (Å²) in [4.78, 5) is 3.50. The molecule has 0 fully saturated rings. The molecule has 3 nitrogen and oxygen atoms in total. The SMILES string of the molecule is COc1ccc2[nH]c(-c3cccc(Cl)c3Cl)c(CCCCN)c2c1. The Kier molecular flexibility index (Phi) is 5.34. The highest BCUT2D eigenvalue weighted by Crippen LogP contribution is 2.39. The molecule has 3 rings (SSSR count). The van der Waals surface area contributed by atoms with Gasteiger partial charge in [-0.15, -0.1) is 0 Å². The molecular weight excluding hydrogens is 343 g/mol. The highest BCUT2D eigenvalue weighted by atomic mass is 35.5. The van der Waals surface area contributed by atoms with Crippen molar-refractivity contribution in [2.45, 2.75) is 19.3 Å². The van der Waals surface area contributed by atoms with Crippen LogP contribution < -0.4 is 10.5 Å². The first-order valence-corrected chi connectivity index (χ1v) is 8.74. The molecule has 0 radical (unpaired) electrons. The molecule has 0 spiro atoms. The predicted octanol–water partition coefficient (Wildman–Crippen LogP) is 5.43. The van der Waals surface area contributed by atoms with Crippen molar-refractivity contribution in [1.29, 1.82) is 0 Å². The minimum Gasteiger partial charge on any atom is -0.497 e. The van der Waals surface area contributed by atoms with Crippen LogP contribution in [0.3, 0.4) is 0 Å². The van der Waals surface area contributed by atoms with Gasteiger partial charge in [-0.2, -0.15) is 0 Å². The molecule has 2 aromatic carbocycles. The number of halogens is 2. The summed E-state index contributed by atoms with van der Waals surface area (Å²) in [7, 11) is 1.68. The summed E-state index contributed by atoms with van der Waals surface area (Å²) in [5.41, 5.74) is 9.87. The third kappa shape index (κ3) is 3.25. The molecule has 24 heavy (non-hydrogen) atoms. The van der Waals surface area contributed by atoms with E-state index < -0.39 is 0 Å². The Morgan fingerprint density at radius 2 is 1.96 bits per heavy atom. The molecule has 1 heterocycles. The van der Waals surface area contributed by atoms with Gasteiger partial charge < -0.3 is 15.5 Å². The van der Waals surface area contributed by atoms with Gasteiger partial charge in [0.25, 0.3) is 0 Å². The molecule has 3 aromatic rings. The number of nitrogens with one attached hydrogen (secondary N) is 1. The van der Waals surface area contributed by atoms with Gasteiger partial charge in [0.05, 0.1) is 22.8 Å². The number of H-pyrrole nitrogens is 1. The van der Waals surface area contributed by atoms with Crippen molar-refractivity contribution < 1.29 is 4.74 Å². The van der Waals surface area contributed by atoms with E-state index in [9.17, 15) is 0 Å². The van der Waals surface area contributed by atoms with E-state index in [-0.39, 0.29) is 0 Å². The number of aromatic nitrogens is 1. The standard InChI is InChI=1S/C19H20Cl2N2O/c1-24-12-8-9-17-15(11-12)13(5-2-3-10-22)19(23-17)14-6-4-7-16(20)18(14)21/h4,6-9,11,23H,2-3,5,10,22H2,1H3. The zero-order chi connectivity index (χ0) is 17.1. The molecule has 0 atom stereocenters. The van der Waals surface area contributed by atoms with Crippen LogP contribution in [0.25, 0.3) is 22.2 Å². The maximum Gasteiger partial charge on any atom is 0.119 e. The molecule has 0 aliphatic rings. The van der Waals surface area contributed by atoms with Gasteiger partial charge in [0.2, 0.25) is 0 Å². The van der Waals surface area contributed by atoms with Gasteiger partial charge in [-0.1, -0.05) is 35.3 Å². The summed E-state index contributed by atoms with van der Waals surface area (Å²) in [6.07, 6.45) is 2.92. The van der Waals surface area contributed by atoms with Gasteiger partial charge in [0, 0.05) is 16.5 Å². The Labute approximate surface area is 151 Å². The van der Waals surface area contributed by atoms with Crippen molar-refractivity contribution in [2.24, 2.45) is 5.73 Å². The number of hydrogen-bond donors (Lipinski definition) is 2. The molecule has 0 aliphatic carbocycles. The Hall–Kier alpha value is -1.68. The maximum atomic E-state index is 6.45. The second kappa shape index (κ2) is 7.47. The van der Waals surface area contributed by atoms with Crippen LogP contribution in [0.5, 0.6) is 5.75 Å². The number of ether oxygens (including phenoxy) is 1. The van der Waals surface area contributed by atoms with Crippen LogP contribution in [-0.2, 0) is 6.42 Å². The van der Waals surface area contributed by atoms with E-state index in [0.29, 0.717) is 16.6 Å². The van der Waals surface area contributed by atoms with Crippen molar-refractivity contribution in [1.82, 2.24) is 4.98 Å². The van der Waals surface area contributed by atoms with E-state index in [0.717, 1.165) is 47.2 Å². The van der Waals surface area contributed by atoms with Crippen molar-refractivity contribution in [2.75, 3.05) is 13.7 Å². The molecule has 5 heteroatoms. The van der Waals surface area contributed by atoms with Gasteiger partial charge in [0.1, 0.15) is 5.75 Å². The molecule has 0 amide bonds. The van der Waals surface area contributed by atoms with Gasteiger partial charge >= 0.3 is 0 Å². The van der Waals surface area contributed by atoms with Gasteiger partial charge in [0.15, 0.2) is 0 Å². The molecule has 1 aromatic heterocycles. The van der Waals surface area contributed by atoms with Crippen molar-refractivity contribution in [3.05, 3.63) is 52.0 Å². The van der Waals surface area contributed by atoms with Crippen LogP contribution in [0.2, 0.25) is 10.0 Å². The number of benzene rings is 2. The summed E-state index contributed by atoms with van der Waals surface area (Å²) in [5, 5.41) is 2.27. The Bertz CT molecular complexity index is 858. The number of methoxy groups -OCH3 is 1. The zero-order valence-corrected chi connectivity index (χ0v) is 15.0. The molecule has 0 unspecified atom stereocenters. The normalized spacial score (nSPS) is 11.2. The third-order valence-electron chi connectivity index (χ3n) is 4.22. The number of fused-ring (bicyclic) bond motifs is 1. The molecule has 126 valence electrons. The van der Waals surface area contributed by atoms with Crippen LogP contribution in [0.15, 0.2) is 36.4 Å². The lowest BCUT2D eigenvalue weighted by Crippen LogP contribution is -1.99. The fourth-order valence-corrected chi connectivity index (χ4v) is 3.38. The van der Waals surface area contributed by atoms with E-state index >= 15 is 0 Å². The summed E-state index contributed by atoms with van der Waals surface area (Å²) >= 11 is 12.7. The highest BCUT2D eigenvalue weighted by molar-refractivity contribution is 6.43. The van der Waals surface area contributed by atoms with E-state index in [1.54, 1.807) is 13.2 Å². The molecule has 0 saturated heterocycles. The third-order valence-corrected chi connectivity index (χ3v) is 5.03. The minimum absolute atomic E-state index is 0.554. The second-order valence-corrected chi connectivity index (χ2v) is 6.52. The summed E-state index contributed by atoms with van der Waals surface area (Å²) < 4.78 is 5.38. The van der Waals surface area contributed by atoms with Crippen LogP contribution in [0, 0.1) is 0 Å². The average Bonchev–Trinajstić information content (AvgIpc) is 2.95. The monoisotopic (exact) mass is 362 g/mol. The lowest BCUT2D eigenvalue weighted by atomic mass is 10.00. The molecular formula is C19H20Cl2N2O. The lowest BCUT2D eigenvalue weighted by molar-refractivity contribution is 0.415. The fourth-order valence-electron chi connectivity index (χ4n) is 2.99. The molecule has 0 bridgehead atoms. The van der Waals surface area contributed by atoms with Gasteiger partial charge in [-0.25, -0.2) is 0 Å². The molecule has 0 saturated carbocycles. The van der Waals surface area contributed by atoms with Gasteiger partial charge in [-0.3, -0.25) is 0 Å². The maximum absolute atomic E-state index is 6.45. The lowest BCUT2D eigenvalue weighted by Gasteiger charge is -2.08. The van der Waals surface area contributed by atoms with E-state index in [1.165, 1.54) is 5.56 Å². The quantitative estimate of drug-likeness (QED) is 0.574.